The second-order valence-electron chi connectivity index (χ2n) is 4.88. The summed E-state index contributed by atoms with van der Waals surface area (Å²) in [6.07, 6.45) is 7.20. The van der Waals surface area contributed by atoms with Gasteiger partial charge in [0.15, 0.2) is 0 Å². The maximum atomic E-state index is 11.3. The van der Waals surface area contributed by atoms with Gasteiger partial charge >= 0.3 is 5.97 Å². The van der Waals surface area contributed by atoms with E-state index in [4.69, 9.17) is 4.74 Å². The van der Waals surface area contributed by atoms with Gasteiger partial charge in [0.25, 0.3) is 0 Å². The van der Waals surface area contributed by atoms with Crippen LogP contribution in [-0.4, -0.2) is 25.7 Å². The van der Waals surface area contributed by atoms with E-state index in [1.807, 2.05) is 0 Å². The summed E-state index contributed by atoms with van der Waals surface area (Å²) in [6.45, 7) is 6.22. The normalized spacial score (nSPS) is 17.9. The van der Waals surface area contributed by atoms with Crippen LogP contribution in [0, 0.1) is 5.41 Å². The topological polar surface area (TPSA) is 38.3 Å². The monoisotopic (exact) mass is 227 g/mol. The van der Waals surface area contributed by atoms with Gasteiger partial charge in [0.2, 0.25) is 0 Å². The first-order valence-corrected chi connectivity index (χ1v) is 6.59. The van der Waals surface area contributed by atoms with Crippen molar-refractivity contribution in [1.82, 2.24) is 5.32 Å². The Morgan fingerprint density at radius 2 is 2.12 bits per heavy atom. The maximum Gasteiger partial charge on any atom is 0.319 e. The molecule has 0 aliphatic heterocycles. The van der Waals surface area contributed by atoms with Gasteiger partial charge in [0.1, 0.15) is 0 Å². The summed E-state index contributed by atoms with van der Waals surface area (Å²) >= 11 is 0. The lowest BCUT2D eigenvalue weighted by Gasteiger charge is -2.41. The van der Waals surface area contributed by atoms with Gasteiger partial charge in [0.05, 0.1) is 13.2 Å². The number of hydrogen-bond acceptors (Lipinski definition) is 3. The molecule has 1 fully saturated rings. The zero-order valence-corrected chi connectivity index (χ0v) is 10.7. The summed E-state index contributed by atoms with van der Waals surface area (Å²) in [7, 11) is 0. The molecule has 1 saturated carbocycles. The first-order valence-electron chi connectivity index (χ1n) is 6.59. The van der Waals surface area contributed by atoms with Crippen LogP contribution in [0.2, 0.25) is 0 Å². The Morgan fingerprint density at radius 3 is 2.62 bits per heavy atom. The Bertz CT molecular complexity index is 206. The second kappa shape index (κ2) is 6.89. The Hall–Kier alpha value is -0.570. The fourth-order valence-electron chi connectivity index (χ4n) is 2.14. The van der Waals surface area contributed by atoms with Gasteiger partial charge in [0, 0.05) is 6.54 Å². The zero-order chi connectivity index (χ0) is 11.9. The number of hydrogen-bond donors (Lipinski definition) is 1. The van der Waals surface area contributed by atoms with Crippen molar-refractivity contribution >= 4 is 5.97 Å². The fraction of sp³-hybridized carbons (Fsp3) is 0.923. The molecule has 1 N–H and O–H groups in total. The molecule has 3 nitrogen and oxygen atoms in total. The zero-order valence-electron chi connectivity index (χ0n) is 10.7. The summed E-state index contributed by atoms with van der Waals surface area (Å²) in [5.41, 5.74) is 0.476. The highest BCUT2D eigenvalue weighted by molar-refractivity contribution is 5.71. The summed E-state index contributed by atoms with van der Waals surface area (Å²) in [5, 5.41) is 3.23. The van der Waals surface area contributed by atoms with Crippen molar-refractivity contribution in [3.63, 3.8) is 0 Å². The molecule has 0 unspecified atom stereocenters. The van der Waals surface area contributed by atoms with Crippen molar-refractivity contribution in [3.05, 3.63) is 0 Å². The van der Waals surface area contributed by atoms with Crippen LogP contribution >= 0.6 is 0 Å². The van der Waals surface area contributed by atoms with Crippen LogP contribution in [0.3, 0.4) is 0 Å². The van der Waals surface area contributed by atoms with Crippen LogP contribution in [0.1, 0.15) is 52.4 Å². The number of carbonyl (C=O) groups is 1. The van der Waals surface area contributed by atoms with E-state index in [0.29, 0.717) is 18.6 Å². The quantitative estimate of drug-likeness (QED) is 0.511. The van der Waals surface area contributed by atoms with Crippen LogP contribution in [0.15, 0.2) is 0 Å². The SMILES string of the molecule is CCCCOC(=O)CNCC1(CC)CCC1. The van der Waals surface area contributed by atoms with E-state index < -0.39 is 0 Å². The molecular formula is C13H25NO2. The smallest absolute Gasteiger partial charge is 0.319 e. The third-order valence-corrected chi connectivity index (χ3v) is 3.69. The third-order valence-electron chi connectivity index (χ3n) is 3.69. The largest absolute Gasteiger partial charge is 0.465 e. The van der Waals surface area contributed by atoms with Crippen molar-refractivity contribution in [1.29, 1.82) is 0 Å². The third kappa shape index (κ3) is 4.12. The summed E-state index contributed by atoms with van der Waals surface area (Å²) in [5.74, 6) is -0.112. The van der Waals surface area contributed by atoms with Crippen LogP contribution < -0.4 is 5.32 Å². The van der Waals surface area contributed by atoms with Crippen molar-refractivity contribution in [2.75, 3.05) is 19.7 Å². The molecule has 0 saturated heterocycles. The minimum atomic E-state index is -0.112. The summed E-state index contributed by atoms with van der Waals surface area (Å²) in [4.78, 5) is 11.3. The average Bonchev–Trinajstić information content (AvgIpc) is 2.22. The summed E-state index contributed by atoms with van der Waals surface area (Å²) < 4.78 is 5.08. The van der Waals surface area contributed by atoms with Crippen molar-refractivity contribution in [2.24, 2.45) is 5.41 Å². The van der Waals surface area contributed by atoms with E-state index in [1.54, 1.807) is 0 Å². The van der Waals surface area contributed by atoms with Gasteiger partial charge in [-0.15, -0.1) is 0 Å². The number of carbonyl (C=O) groups excluding carboxylic acids is 1. The number of esters is 1. The lowest BCUT2D eigenvalue weighted by molar-refractivity contribution is -0.142. The fourth-order valence-corrected chi connectivity index (χ4v) is 2.14. The lowest BCUT2D eigenvalue weighted by atomic mass is 9.67. The molecule has 0 bridgehead atoms. The van der Waals surface area contributed by atoms with E-state index in [2.05, 4.69) is 19.2 Å². The summed E-state index contributed by atoms with van der Waals surface area (Å²) in [6, 6.07) is 0. The lowest BCUT2D eigenvalue weighted by Crippen LogP contribution is -2.41. The molecule has 1 aliphatic carbocycles. The highest BCUT2D eigenvalue weighted by Crippen LogP contribution is 2.42. The highest BCUT2D eigenvalue weighted by atomic mass is 16.5. The molecule has 0 radical (unpaired) electrons. The molecule has 0 atom stereocenters. The molecule has 0 heterocycles. The van der Waals surface area contributed by atoms with Gasteiger partial charge < -0.3 is 10.1 Å². The van der Waals surface area contributed by atoms with E-state index in [1.165, 1.54) is 25.7 Å². The predicted molar refractivity (Wildman–Crippen MR) is 65.3 cm³/mol. The Kier molecular flexibility index (Phi) is 5.81. The van der Waals surface area contributed by atoms with E-state index in [0.717, 1.165) is 19.4 Å². The Balaban J connectivity index is 2.03. The van der Waals surface area contributed by atoms with Gasteiger partial charge in [-0.3, -0.25) is 4.79 Å². The molecule has 94 valence electrons. The van der Waals surface area contributed by atoms with E-state index >= 15 is 0 Å². The molecule has 1 aliphatic rings. The number of unbranched alkanes of at least 4 members (excludes halogenated alkanes) is 1. The average molecular weight is 227 g/mol. The van der Waals surface area contributed by atoms with Crippen LogP contribution in [0.5, 0.6) is 0 Å². The molecule has 0 aromatic carbocycles. The second-order valence-corrected chi connectivity index (χ2v) is 4.88. The molecular weight excluding hydrogens is 202 g/mol. The van der Waals surface area contributed by atoms with E-state index in [-0.39, 0.29) is 5.97 Å². The molecule has 16 heavy (non-hydrogen) atoms. The first kappa shape index (κ1) is 13.5. The Morgan fingerprint density at radius 1 is 1.38 bits per heavy atom. The number of ether oxygens (including phenoxy) is 1. The molecule has 0 amide bonds. The molecule has 0 aromatic heterocycles. The Labute approximate surface area is 98.9 Å². The highest BCUT2D eigenvalue weighted by Gasteiger charge is 2.34. The molecule has 0 aromatic rings. The minimum Gasteiger partial charge on any atom is -0.465 e. The van der Waals surface area contributed by atoms with Crippen LogP contribution in [0.25, 0.3) is 0 Å². The van der Waals surface area contributed by atoms with Crippen LogP contribution in [0.4, 0.5) is 0 Å². The van der Waals surface area contributed by atoms with Gasteiger partial charge in [-0.05, 0) is 31.1 Å². The molecule has 0 spiro atoms. The standard InChI is InChI=1S/C13H25NO2/c1-3-5-9-16-12(15)10-14-11-13(4-2)7-6-8-13/h14H,3-11H2,1-2H3. The number of rotatable bonds is 8. The molecule has 1 rings (SSSR count). The van der Waals surface area contributed by atoms with Gasteiger partial charge in [-0.2, -0.15) is 0 Å². The van der Waals surface area contributed by atoms with Crippen molar-refractivity contribution in [2.45, 2.75) is 52.4 Å². The molecule has 3 heteroatoms. The minimum absolute atomic E-state index is 0.112. The van der Waals surface area contributed by atoms with Crippen molar-refractivity contribution < 1.29 is 9.53 Å². The van der Waals surface area contributed by atoms with Gasteiger partial charge in [-0.25, -0.2) is 0 Å². The van der Waals surface area contributed by atoms with Crippen molar-refractivity contribution in [3.8, 4) is 0 Å². The predicted octanol–water partition coefficient (Wildman–Crippen LogP) is 2.50. The van der Waals surface area contributed by atoms with Gasteiger partial charge in [-0.1, -0.05) is 26.7 Å². The maximum absolute atomic E-state index is 11.3. The number of nitrogens with one attached hydrogen (secondary N) is 1. The van der Waals surface area contributed by atoms with Crippen LogP contribution in [-0.2, 0) is 9.53 Å². The first-order chi connectivity index (χ1) is 7.72. The van der Waals surface area contributed by atoms with E-state index in [9.17, 15) is 4.79 Å².